The Kier molecular flexibility index (Phi) is 7.48. The Morgan fingerprint density at radius 1 is 1.04 bits per heavy atom. The predicted molar refractivity (Wildman–Crippen MR) is 106 cm³/mol. The van der Waals surface area contributed by atoms with E-state index in [9.17, 15) is 4.79 Å². The van der Waals surface area contributed by atoms with Crippen LogP contribution in [0.15, 0.2) is 75.8 Å². The number of benzene rings is 2. The van der Waals surface area contributed by atoms with Crippen LogP contribution in [-0.4, -0.2) is 17.3 Å². The van der Waals surface area contributed by atoms with Gasteiger partial charge < -0.3 is 14.2 Å². The van der Waals surface area contributed by atoms with E-state index in [0.29, 0.717) is 11.5 Å². The number of allylic oxidation sites excluding steroid dienone is 1. The van der Waals surface area contributed by atoms with Crippen LogP contribution in [0.5, 0.6) is 11.5 Å². The molecule has 2 rings (SSSR count). The summed E-state index contributed by atoms with van der Waals surface area (Å²) in [6.07, 6.45) is 1.02. The minimum absolute atomic E-state index is 0.271. The lowest BCUT2D eigenvalue weighted by Crippen LogP contribution is -2.13. The maximum atomic E-state index is 10.8. The van der Waals surface area contributed by atoms with Gasteiger partial charge in [0.15, 0.2) is 0 Å². The number of para-hydroxylation sites is 2. The van der Waals surface area contributed by atoms with Crippen LogP contribution in [0.1, 0.15) is 0 Å². The molecule has 0 aliphatic rings. The average molecular weight is 431 g/mol. The highest BCUT2D eigenvalue weighted by molar-refractivity contribution is 8.09. The first-order chi connectivity index (χ1) is 12.4. The van der Waals surface area contributed by atoms with Gasteiger partial charge in [-0.1, -0.05) is 59.6 Å². The topological polar surface area (TPSA) is 80.2 Å². The van der Waals surface area contributed by atoms with Crippen molar-refractivity contribution in [1.82, 2.24) is 5.20 Å². The normalized spacial score (nSPS) is 12.4. The number of carbonyl (C=O) groups is 1. The molecule has 0 saturated carbocycles. The number of carboxylic acids is 1. The lowest BCUT2D eigenvalue weighted by Gasteiger charge is -2.22. The second-order valence-electron chi connectivity index (χ2n) is 4.63. The van der Waals surface area contributed by atoms with E-state index in [-0.39, 0.29) is 5.03 Å². The molecule has 0 amide bonds. The fraction of sp³-hybridized carbons (Fsp3) is 0. The van der Waals surface area contributed by atoms with E-state index in [0.717, 1.165) is 6.21 Å². The molecule has 136 valence electrons. The monoisotopic (exact) mass is 430 g/mol. The Bertz CT molecular complexity index is 818. The molecule has 2 aromatic carbocycles. The first kappa shape index (κ1) is 20.3. The van der Waals surface area contributed by atoms with Crippen molar-refractivity contribution in [3.63, 3.8) is 0 Å². The smallest absolute Gasteiger partial charge is 0.408 e. The largest absolute Gasteiger partial charge is 0.477 e. The van der Waals surface area contributed by atoms with Crippen LogP contribution in [0.2, 0.25) is 0 Å². The van der Waals surface area contributed by atoms with Gasteiger partial charge in [-0.15, -0.1) is 0 Å². The quantitative estimate of drug-likeness (QED) is 0.273. The molecule has 26 heavy (non-hydrogen) atoms. The van der Waals surface area contributed by atoms with Crippen molar-refractivity contribution >= 4 is 53.8 Å². The molecule has 0 aromatic heterocycles. The summed E-state index contributed by atoms with van der Waals surface area (Å²) in [6, 6.07) is 17.7. The van der Waals surface area contributed by atoms with Gasteiger partial charge in [-0.05, 0) is 24.3 Å². The molecule has 0 heterocycles. The molecule has 2 aromatic rings. The highest BCUT2D eigenvalue weighted by atomic mass is 35.5. The molecule has 0 radical (unpaired) electrons. The summed E-state index contributed by atoms with van der Waals surface area (Å²) in [7, 11) is 0. The van der Waals surface area contributed by atoms with Crippen LogP contribution >= 0.6 is 29.8 Å². The summed E-state index contributed by atoms with van der Waals surface area (Å²) in [5.41, 5.74) is 0. The zero-order valence-electron chi connectivity index (χ0n) is 13.1. The van der Waals surface area contributed by atoms with Crippen LogP contribution in [0, 0.1) is 0 Å². The van der Waals surface area contributed by atoms with E-state index in [1.54, 1.807) is 48.5 Å². The minimum Gasteiger partial charge on any atom is -0.477 e. The number of rotatable bonds is 8. The van der Waals surface area contributed by atoms with E-state index < -0.39 is 17.6 Å². The van der Waals surface area contributed by atoms with Crippen LogP contribution in [0.4, 0.5) is 0 Å². The third kappa shape index (κ3) is 6.35. The molecule has 0 aliphatic heterocycles. The summed E-state index contributed by atoms with van der Waals surface area (Å²) < 4.78 is 11.5. The Morgan fingerprint density at radius 2 is 1.50 bits per heavy atom. The first-order valence-corrected chi connectivity index (χ1v) is 10.5. The SMILES string of the molecule is O=C(O)C(Cl)=C(Cl)C=NNP(=S)(Oc1ccccc1)Oc1ccccc1. The fourth-order valence-corrected chi connectivity index (χ4v) is 3.57. The molecule has 6 nitrogen and oxygen atoms in total. The fourth-order valence-electron chi connectivity index (χ4n) is 1.61. The summed E-state index contributed by atoms with van der Waals surface area (Å²) in [5, 5.41) is 14.4. The standard InChI is InChI=1S/C16H13Cl2N2O4PS/c17-14(15(18)16(21)22)11-19-20-25(26,23-12-7-3-1-4-8-12)24-13-9-5-2-6-10-13/h1-11H,(H,20,26)(H,21,22). The van der Waals surface area contributed by atoms with Crippen molar-refractivity contribution in [2.45, 2.75) is 0 Å². The molecule has 0 spiro atoms. The van der Waals surface area contributed by atoms with Gasteiger partial charge >= 0.3 is 12.6 Å². The third-order valence-electron chi connectivity index (χ3n) is 2.69. The predicted octanol–water partition coefficient (Wildman–Crippen LogP) is 4.72. The molecule has 0 saturated heterocycles. The number of hydrogen-bond donors (Lipinski definition) is 2. The second kappa shape index (κ2) is 9.59. The van der Waals surface area contributed by atoms with Crippen LogP contribution in [0.3, 0.4) is 0 Å². The van der Waals surface area contributed by atoms with Gasteiger partial charge in [0.1, 0.15) is 16.5 Å². The van der Waals surface area contributed by atoms with Crippen LogP contribution < -0.4 is 14.2 Å². The Hall–Kier alpha value is -2.05. The summed E-state index contributed by atoms with van der Waals surface area (Å²) in [6.45, 7) is -3.16. The number of hydrogen-bond acceptors (Lipinski definition) is 5. The first-order valence-electron chi connectivity index (χ1n) is 7.08. The Balaban J connectivity index is 2.21. The van der Waals surface area contributed by atoms with Crippen molar-refractivity contribution < 1.29 is 18.9 Å². The lowest BCUT2D eigenvalue weighted by molar-refractivity contribution is -0.131. The lowest BCUT2D eigenvalue weighted by atomic mass is 10.3. The number of carboxylic acid groups (broad SMARTS) is 1. The van der Waals surface area contributed by atoms with Crippen LogP contribution in [-0.2, 0) is 16.6 Å². The zero-order valence-corrected chi connectivity index (χ0v) is 16.3. The third-order valence-corrected chi connectivity index (χ3v) is 5.40. The molecular formula is C16H13Cl2N2O4PS. The average Bonchev–Trinajstić information content (AvgIpc) is 2.62. The van der Waals surface area contributed by atoms with Gasteiger partial charge in [0, 0.05) is 11.8 Å². The highest BCUT2D eigenvalue weighted by Gasteiger charge is 2.22. The van der Waals surface area contributed by atoms with Crippen molar-refractivity contribution in [1.29, 1.82) is 0 Å². The van der Waals surface area contributed by atoms with Gasteiger partial charge in [0.05, 0.1) is 11.2 Å². The molecule has 0 bridgehead atoms. The molecule has 10 heteroatoms. The van der Waals surface area contributed by atoms with Crippen molar-refractivity contribution in [2.75, 3.05) is 0 Å². The molecule has 0 atom stereocenters. The zero-order chi connectivity index (χ0) is 19.0. The number of nitrogens with one attached hydrogen (secondary N) is 1. The van der Waals surface area contributed by atoms with E-state index in [1.807, 2.05) is 12.1 Å². The molecule has 0 unspecified atom stereocenters. The maximum Gasteiger partial charge on any atom is 0.408 e. The molecular weight excluding hydrogens is 418 g/mol. The second-order valence-corrected chi connectivity index (χ2v) is 8.42. The summed E-state index contributed by atoms with van der Waals surface area (Å²) >= 11 is 16.7. The van der Waals surface area contributed by atoms with E-state index in [1.165, 1.54) is 0 Å². The highest BCUT2D eigenvalue weighted by Crippen LogP contribution is 2.45. The van der Waals surface area contributed by atoms with Gasteiger partial charge in [-0.3, -0.25) is 0 Å². The molecule has 2 N–H and O–H groups in total. The van der Waals surface area contributed by atoms with Gasteiger partial charge in [-0.2, -0.15) is 5.10 Å². The summed E-state index contributed by atoms with van der Waals surface area (Å²) in [5.74, 6) is -0.400. The van der Waals surface area contributed by atoms with Gasteiger partial charge in [-0.25, -0.2) is 9.99 Å². The maximum absolute atomic E-state index is 10.8. The Morgan fingerprint density at radius 3 is 1.92 bits per heavy atom. The number of hydrazone groups is 1. The number of nitrogens with zero attached hydrogens (tertiary/aromatic N) is 1. The van der Waals surface area contributed by atoms with Crippen molar-refractivity contribution in [3.8, 4) is 11.5 Å². The Labute approximate surface area is 165 Å². The number of halogens is 2. The van der Waals surface area contributed by atoms with Crippen LogP contribution in [0.25, 0.3) is 0 Å². The molecule has 0 aliphatic carbocycles. The van der Waals surface area contributed by atoms with E-state index in [2.05, 4.69) is 10.3 Å². The van der Waals surface area contributed by atoms with Gasteiger partial charge in [0.2, 0.25) is 0 Å². The van der Waals surface area contributed by atoms with E-state index in [4.69, 9.17) is 49.2 Å². The number of aliphatic carboxylic acids is 1. The molecule has 0 fully saturated rings. The van der Waals surface area contributed by atoms with Gasteiger partial charge in [0.25, 0.3) is 0 Å². The van der Waals surface area contributed by atoms with Crippen molar-refractivity contribution in [3.05, 3.63) is 70.7 Å². The van der Waals surface area contributed by atoms with Crippen molar-refractivity contribution in [2.24, 2.45) is 5.10 Å². The summed E-state index contributed by atoms with van der Waals surface area (Å²) in [4.78, 5) is 10.8. The minimum atomic E-state index is -3.16. The van der Waals surface area contributed by atoms with E-state index >= 15 is 0 Å².